The molecule has 4 rings (SSSR count). The second-order valence-electron chi connectivity index (χ2n) is 10.3. The number of hydrogen-bond donors (Lipinski definition) is 0. The normalized spacial score (nSPS) is 53.1. The van der Waals surface area contributed by atoms with E-state index in [-0.39, 0.29) is 17.8 Å². The van der Waals surface area contributed by atoms with Crippen LogP contribution in [0.15, 0.2) is 0 Å². The Kier molecular flexibility index (Phi) is 5.91. The lowest BCUT2D eigenvalue weighted by atomic mass is 9.57. The predicted molar refractivity (Wildman–Crippen MR) is 100 cm³/mol. The quantitative estimate of drug-likeness (QED) is 0.487. The Bertz CT molecular complexity index is 450. The van der Waals surface area contributed by atoms with E-state index in [4.69, 9.17) is 0 Å². The summed E-state index contributed by atoms with van der Waals surface area (Å²) in [6, 6.07) is 0. The van der Waals surface area contributed by atoms with Crippen molar-refractivity contribution in [1.82, 2.24) is 0 Å². The van der Waals surface area contributed by atoms with Gasteiger partial charge in [-0.3, -0.25) is 0 Å². The Morgan fingerprint density at radius 2 is 1.19 bits per heavy atom. The van der Waals surface area contributed by atoms with Crippen molar-refractivity contribution in [3.05, 3.63) is 0 Å². The van der Waals surface area contributed by atoms with Crippen LogP contribution in [0.1, 0.15) is 84.0 Å². The minimum absolute atomic E-state index is 0.0745. The standard InChI is InChI=1S/C23H37F3/c1-14-2-4-15(5-3-14)17-8-11-20-18(12-17)13-21(25)22(23(20)26)16-6-9-19(24)10-7-16/h14-23H,2-13H2,1H3. The largest absolute Gasteiger partial charge is 0.247 e. The van der Waals surface area contributed by atoms with Gasteiger partial charge in [0.1, 0.15) is 18.5 Å². The smallest absolute Gasteiger partial charge is 0.109 e. The first kappa shape index (κ1) is 19.1. The highest BCUT2D eigenvalue weighted by atomic mass is 19.1. The zero-order valence-corrected chi connectivity index (χ0v) is 16.4. The fourth-order valence-corrected chi connectivity index (χ4v) is 7.15. The van der Waals surface area contributed by atoms with Gasteiger partial charge in [-0.2, -0.15) is 0 Å². The summed E-state index contributed by atoms with van der Waals surface area (Å²) in [6.07, 6.45) is 8.76. The van der Waals surface area contributed by atoms with Crippen LogP contribution >= 0.6 is 0 Å². The first-order valence-corrected chi connectivity index (χ1v) is 11.4. The lowest BCUT2D eigenvalue weighted by Gasteiger charge is -2.50. The van der Waals surface area contributed by atoms with Gasteiger partial charge in [-0.25, -0.2) is 13.2 Å². The van der Waals surface area contributed by atoms with E-state index in [0.29, 0.717) is 38.0 Å². The maximum Gasteiger partial charge on any atom is 0.109 e. The van der Waals surface area contributed by atoms with Crippen molar-refractivity contribution in [2.75, 3.05) is 0 Å². The maximum absolute atomic E-state index is 15.4. The van der Waals surface area contributed by atoms with Gasteiger partial charge in [0.15, 0.2) is 0 Å². The van der Waals surface area contributed by atoms with Crippen LogP contribution < -0.4 is 0 Å². The van der Waals surface area contributed by atoms with Gasteiger partial charge in [0, 0.05) is 5.92 Å². The molecule has 4 fully saturated rings. The van der Waals surface area contributed by atoms with E-state index < -0.39 is 24.4 Å². The molecule has 0 saturated heterocycles. The van der Waals surface area contributed by atoms with Crippen molar-refractivity contribution in [1.29, 1.82) is 0 Å². The molecule has 3 heteroatoms. The minimum atomic E-state index is -1.00. The number of alkyl halides is 3. The third-order valence-corrected chi connectivity index (χ3v) is 8.78. The molecule has 0 radical (unpaired) electrons. The van der Waals surface area contributed by atoms with Crippen LogP contribution in [0.4, 0.5) is 13.2 Å². The van der Waals surface area contributed by atoms with Gasteiger partial charge >= 0.3 is 0 Å². The summed E-state index contributed by atoms with van der Waals surface area (Å²) in [5.74, 6) is 2.34. The van der Waals surface area contributed by atoms with Crippen LogP contribution in [0.25, 0.3) is 0 Å². The van der Waals surface area contributed by atoms with Crippen molar-refractivity contribution >= 4 is 0 Å². The monoisotopic (exact) mass is 370 g/mol. The van der Waals surface area contributed by atoms with E-state index in [1.807, 2.05) is 0 Å². The van der Waals surface area contributed by atoms with Crippen molar-refractivity contribution in [3.63, 3.8) is 0 Å². The molecule has 26 heavy (non-hydrogen) atoms. The van der Waals surface area contributed by atoms with Crippen LogP contribution in [-0.4, -0.2) is 18.5 Å². The van der Waals surface area contributed by atoms with Crippen molar-refractivity contribution in [2.24, 2.45) is 41.4 Å². The molecule has 0 spiro atoms. The van der Waals surface area contributed by atoms with Gasteiger partial charge < -0.3 is 0 Å². The van der Waals surface area contributed by atoms with E-state index in [1.165, 1.54) is 25.7 Å². The predicted octanol–water partition coefficient (Wildman–Crippen LogP) is 7.07. The Morgan fingerprint density at radius 3 is 1.88 bits per heavy atom. The summed E-state index contributed by atoms with van der Waals surface area (Å²) in [5, 5.41) is 0. The van der Waals surface area contributed by atoms with Gasteiger partial charge in [-0.05, 0) is 99.7 Å². The minimum Gasteiger partial charge on any atom is -0.247 e. The van der Waals surface area contributed by atoms with Gasteiger partial charge in [0.2, 0.25) is 0 Å². The molecule has 4 saturated carbocycles. The molecular formula is C23H37F3. The zero-order valence-electron chi connectivity index (χ0n) is 16.4. The third-order valence-electron chi connectivity index (χ3n) is 8.78. The average molecular weight is 371 g/mol. The number of fused-ring (bicyclic) bond motifs is 1. The fraction of sp³-hybridized carbons (Fsp3) is 1.00. The average Bonchev–Trinajstić information content (AvgIpc) is 2.63. The molecule has 4 aliphatic rings. The molecule has 6 atom stereocenters. The second-order valence-corrected chi connectivity index (χ2v) is 10.3. The number of hydrogen-bond acceptors (Lipinski definition) is 0. The Hall–Kier alpha value is -0.210. The summed E-state index contributed by atoms with van der Waals surface area (Å²) in [6.45, 7) is 2.35. The Labute approximate surface area is 157 Å². The second kappa shape index (κ2) is 8.03. The lowest BCUT2D eigenvalue weighted by Crippen LogP contribution is -2.49. The fourth-order valence-electron chi connectivity index (χ4n) is 7.15. The lowest BCUT2D eigenvalue weighted by molar-refractivity contribution is -0.0729. The summed E-state index contributed by atoms with van der Waals surface area (Å²) in [4.78, 5) is 0. The van der Waals surface area contributed by atoms with Gasteiger partial charge in [0.25, 0.3) is 0 Å². The highest BCUT2D eigenvalue weighted by Crippen LogP contribution is 2.53. The van der Waals surface area contributed by atoms with Crippen LogP contribution in [0, 0.1) is 41.4 Å². The Morgan fingerprint density at radius 1 is 0.577 bits per heavy atom. The van der Waals surface area contributed by atoms with Gasteiger partial charge in [-0.1, -0.05) is 19.8 Å². The first-order chi connectivity index (χ1) is 12.5. The number of halogens is 3. The zero-order chi connectivity index (χ0) is 18.3. The molecule has 0 bridgehead atoms. The van der Waals surface area contributed by atoms with Crippen LogP contribution in [-0.2, 0) is 0 Å². The molecule has 0 aromatic rings. The molecule has 0 N–H and O–H groups in total. The summed E-state index contributed by atoms with van der Waals surface area (Å²) in [7, 11) is 0. The number of rotatable bonds is 2. The van der Waals surface area contributed by atoms with Crippen LogP contribution in [0.3, 0.4) is 0 Å². The molecular weight excluding hydrogens is 333 g/mol. The van der Waals surface area contributed by atoms with E-state index >= 15 is 8.78 Å². The third kappa shape index (κ3) is 3.83. The molecule has 4 aliphatic carbocycles. The first-order valence-electron chi connectivity index (χ1n) is 11.4. The molecule has 6 unspecified atom stereocenters. The summed E-state index contributed by atoms with van der Waals surface area (Å²) in [5.41, 5.74) is 0. The summed E-state index contributed by atoms with van der Waals surface area (Å²) >= 11 is 0. The molecule has 0 amide bonds. The van der Waals surface area contributed by atoms with Crippen molar-refractivity contribution in [2.45, 2.75) is 102 Å². The molecule has 0 aromatic heterocycles. The molecule has 0 nitrogen and oxygen atoms in total. The molecule has 0 heterocycles. The molecule has 0 aromatic carbocycles. The molecule has 150 valence electrons. The van der Waals surface area contributed by atoms with E-state index in [9.17, 15) is 4.39 Å². The van der Waals surface area contributed by atoms with Crippen molar-refractivity contribution in [3.8, 4) is 0 Å². The van der Waals surface area contributed by atoms with Gasteiger partial charge in [0.05, 0.1) is 0 Å². The Balaban J connectivity index is 1.37. The SMILES string of the molecule is CC1CCC(C2CCC3C(CC(F)C(C4CCC(F)CC4)C3F)C2)CC1. The van der Waals surface area contributed by atoms with E-state index in [1.54, 1.807) is 0 Å². The van der Waals surface area contributed by atoms with Crippen molar-refractivity contribution < 1.29 is 13.2 Å². The van der Waals surface area contributed by atoms with Crippen LogP contribution in [0.5, 0.6) is 0 Å². The topological polar surface area (TPSA) is 0 Å². The van der Waals surface area contributed by atoms with E-state index in [2.05, 4.69) is 6.92 Å². The maximum atomic E-state index is 15.4. The van der Waals surface area contributed by atoms with Crippen LogP contribution in [0.2, 0.25) is 0 Å². The summed E-state index contributed by atoms with van der Waals surface area (Å²) < 4.78 is 43.9. The van der Waals surface area contributed by atoms with Gasteiger partial charge in [-0.15, -0.1) is 0 Å². The van der Waals surface area contributed by atoms with E-state index in [0.717, 1.165) is 31.1 Å². The highest BCUT2D eigenvalue weighted by Gasteiger charge is 2.51. The highest BCUT2D eigenvalue weighted by molar-refractivity contribution is 4.99. The molecule has 0 aliphatic heterocycles.